The van der Waals surface area contributed by atoms with Gasteiger partial charge >= 0.3 is 11.7 Å². The number of nitrogens with zero attached hydrogens (tertiary/aromatic N) is 2. The molecular weight excluding hydrogens is 268 g/mol. The number of benzene rings is 1. The van der Waals surface area contributed by atoms with E-state index in [1.807, 2.05) is 31.2 Å². The van der Waals surface area contributed by atoms with Crippen LogP contribution in [0.15, 0.2) is 35.3 Å². The van der Waals surface area contributed by atoms with Gasteiger partial charge in [-0.3, -0.25) is 9.36 Å². The molecular formula is C16H20N2O3. The molecule has 1 N–H and O–H groups in total. The van der Waals surface area contributed by atoms with Crippen molar-refractivity contribution in [1.29, 1.82) is 0 Å². The molecule has 0 atom stereocenters. The SMILES string of the molecule is Cc1cn(C)c(=O)n1-c1ccc(CC(C)(C)C(=O)O)cc1. The van der Waals surface area contributed by atoms with Gasteiger partial charge in [0.05, 0.1) is 11.1 Å². The minimum absolute atomic E-state index is 0.0916. The van der Waals surface area contributed by atoms with E-state index in [1.165, 1.54) is 4.57 Å². The summed E-state index contributed by atoms with van der Waals surface area (Å²) in [5.41, 5.74) is 1.69. The summed E-state index contributed by atoms with van der Waals surface area (Å²) >= 11 is 0. The fourth-order valence-electron chi connectivity index (χ4n) is 2.36. The zero-order valence-corrected chi connectivity index (χ0v) is 12.8. The number of aryl methyl sites for hydroxylation is 2. The Hall–Kier alpha value is -2.30. The molecule has 1 heterocycles. The third-order valence-corrected chi connectivity index (χ3v) is 3.65. The first-order valence-corrected chi connectivity index (χ1v) is 6.80. The van der Waals surface area contributed by atoms with Gasteiger partial charge in [-0.25, -0.2) is 4.79 Å². The fourth-order valence-corrected chi connectivity index (χ4v) is 2.36. The molecule has 2 rings (SSSR count). The lowest BCUT2D eigenvalue weighted by Crippen LogP contribution is -2.26. The lowest BCUT2D eigenvalue weighted by atomic mass is 9.86. The molecule has 0 saturated carbocycles. The van der Waals surface area contributed by atoms with Gasteiger partial charge in [0.25, 0.3) is 0 Å². The first-order valence-electron chi connectivity index (χ1n) is 6.80. The highest BCUT2D eigenvalue weighted by atomic mass is 16.4. The van der Waals surface area contributed by atoms with Crippen LogP contribution in [0.3, 0.4) is 0 Å². The molecule has 1 aromatic heterocycles. The van der Waals surface area contributed by atoms with Crippen LogP contribution in [0.5, 0.6) is 0 Å². The molecule has 112 valence electrons. The summed E-state index contributed by atoms with van der Waals surface area (Å²) in [4.78, 5) is 23.2. The molecule has 0 amide bonds. The van der Waals surface area contributed by atoms with Crippen LogP contribution in [-0.2, 0) is 18.3 Å². The molecule has 0 saturated heterocycles. The Balaban J connectivity index is 2.32. The zero-order chi connectivity index (χ0) is 15.8. The van der Waals surface area contributed by atoms with Crippen LogP contribution in [0, 0.1) is 12.3 Å². The molecule has 0 radical (unpaired) electrons. The van der Waals surface area contributed by atoms with Gasteiger partial charge in [0, 0.05) is 18.9 Å². The largest absolute Gasteiger partial charge is 0.481 e. The van der Waals surface area contributed by atoms with Gasteiger partial charge in [-0.2, -0.15) is 0 Å². The summed E-state index contributed by atoms with van der Waals surface area (Å²) in [6.45, 7) is 5.28. The van der Waals surface area contributed by atoms with Gasteiger partial charge in [-0.05, 0) is 44.9 Å². The van der Waals surface area contributed by atoms with E-state index in [0.717, 1.165) is 16.9 Å². The highest BCUT2D eigenvalue weighted by Gasteiger charge is 2.27. The average Bonchev–Trinajstić information content (AvgIpc) is 2.64. The van der Waals surface area contributed by atoms with Crippen molar-refractivity contribution in [3.05, 3.63) is 52.2 Å². The fraction of sp³-hybridized carbons (Fsp3) is 0.375. The van der Waals surface area contributed by atoms with Gasteiger partial charge in [-0.1, -0.05) is 12.1 Å². The monoisotopic (exact) mass is 288 g/mol. The molecule has 0 aliphatic heterocycles. The zero-order valence-electron chi connectivity index (χ0n) is 12.8. The maximum absolute atomic E-state index is 12.0. The van der Waals surface area contributed by atoms with Crippen LogP contribution in [-0.4, -0.2) is 20.2 Å². The first-order chi connectivity index (χ1) is 9.72. The third-order valence-electron chi connectivity index (χ3n) is 3.65. The molecule has 0 aliphatic rings. The van der Waals surface area contributed by atoms with Gasteiger partial charge in [0.15, 0.2) is 0 Å². The van der Waals surface area contributed by atoms with Crippen LogP contribution in [0.1, 0.15) is 25.1 Å². The van der Waals surface area contributed by atoms with Crippen molar-refractivity contribution in [3.8, 4) is 5.69 Å². The third kappa shape index (κ3) is 2.91. The molecule has 5 heteroatoms. The molecule has 0 spiro atoms. The van der Waals surface area contributed by atoms with Crippen molar-refractivity contribution in [2.75, 3.05) is 0 Å². The van der Waals surface area contributed by atoms with Gasteiger partial charge in [-0.15, -0.1) is 0 Å². The lowest BCUT2D eigenvalue weighted by molar-refractivity contribution is -0.146. The summed E-state index contributed by atoms with van der Waals surface area (Å²) in [6.07, 6.45) is 2.23. The Bertz CT molecular complexity index is 721. The molecule has 0 fully saturated rings. The minimum Gasteiger partial charge on any atom is -0.481 e. The van der Waals surface area contributed by atoms with Crippen LogP contribution < -0.4 is 5.69 Å². The van der Waals surface area contributed by atoms with E-state index in [2.05, 4.69) is 0 Å². The summed E-state index contributed by atoms with van der Waals surface area (Å²) in [5.74, 6) is -0.818. The lowest BCUT2D eigenvalue weighted by Gasteiger charge is -2.19. The highest BCUT2D eigenvalue weighted by molar-refractivity contribution is 5.74. The van der Waals surface area contributed by atoms with Crippen molar-refractivity contribution < 1.29 is 9.90 Å². The van der Waals surface area contributed by atoms with E-state index in [1.54, 1.807) is 31.7 Å². The predicted octanol–water partition coefficient (Wildman–Crippen LogP) is 2.14. The van der Waals surface area contributed by atoms with Crippen molar-refractivity contribution in [1.82, 2.24) is 9.13 Å². The quantitative estimate of drug-likeness (QED) is 0.937. The standard InChI is InChI=1S/C16H20N2O3/c1-11-10-17(4)15(21)18(11)13-7-5-12(6-8-13)9-16(2,3)14(19)20/h5-8,10H,9H2,1-4H3,(H,19,20). The summed E-state index contributed by atoms with van der Waals surface area (Å²) in [6, 6.07) is 7.45. The molecule has 0 unspecified atom stereocenters. The molecule has 0 bridgehead atoms. The van der Waals surface area contributed by atoms with Crippen LogP contribution in [0.25, 0.3) is 5.69 Å². The minimum atomic E-state index is -0.818. The van der Waals surface area contributed by atoms with Gasteiger partial charge < -0.3 is 9.67 Å². The van der Waals surface area contributed by atoms with Crippen LogP contribution in [0.4, 0.5) is 0 Å². The maximum atomic E-state index is 12.0. The number of carboxylic acids is 1. The van der Waals surface area contributed by atoms with Gasteiger partial charge in [0.1, 0.15) is 0 Å². The second kappa shape index (κ2) is 5.24. The average molecular weight is 288 g/mol. The Morgan fingerprint density at radius 1 is 1.24 bits per heavy atom. The van der Waals surface area contributed by atoms with Crippen molar-refractivity contribution in [3.63, 3.8) is 0 Å². The Labute approximate surface area is 123 Å². The van der Waals surface area contributed by atoms with Crippen molar-refractivity contribution in [2.45, 2.75) is 27.2 Å². The molecule has 21 heavy (non-hydrogen) atoms. The number of aromatic nitrogens is 2. The van der Waals surface area contributed by atoms with Crippen molar-refractivity contribution in [2.24, 2.45) is 12.5 Å². The normalized spacial score (nSPS) is 11.6. The second-order valence-electron chi connectivity index (χ2n) is 6.03. The number of carbonyl (C=O) groups is 1. The van der Waals surface area contributed by atoms with E-state index in [-0.39, 0.29) is 5.69 Å². The molecule has 2 aromatic rings. The van der Waals surface area contributed by atoms with E-state index in [0.29, 0.717) is 6.42 Å². The number of carboxylic acid groups (broad SMARTS) is 1. The Morgan fingerprint density at radius 2 is 1.81 bits per heavy atom. The first kappa shape index (κ1) is 15.1. The summed E-state index contributed by atoms with van der Waals surface area (Å²) in [7, 11) is 1.72. The van der Waals surface area contributed by atoms with E-state index in [4.69, 9.17) is 5.11 Å². The summed E-state index contributed by atoms with van der Waals surface area (Å²) in [5, 5.41) is 9.16. The summed E-state index contributed by atoms with van der Waals surface area (Å²) < 4.78 is 3.17. The smallest absolute Gasteiger partial charge is 0.332 e. The van der Waals surface area contributed by atoms with E-state index >= 15 is 0 Å². The molecule has 1 aromatic carbocycles. The second-order valence-corrected chi connectivity index (χ2v) is 6.03. The maximum Gasteiger partial charge on any atom is 0.332 e. The Kier molecular flexibility index (Phi) is 3.77. The number of hydrogen-bond donors (Lipinski definition) is 1. The number of aliphatic carboxylic acids is 1. The highest BCUT2D eigenvalue weighted by Crippen LogP contribution is 2.22. The van der Waals surface area contributed by atoms with Gasteiger partial charge in [0.2, 0.25) is 0 Å². The number of imidazole rings is 1. The van der Waals surface area contributed by atoms with E-state index in [9.17, 15) is 9.59 Å². The number of hydrogen-bond acceptors (Lipinski definition) is 2. The van der Waals surface area contributed by atoms with Crippen molar-refractivity contribution >= 4 is 5.97 Å². The Morgan fingerprint density at radius 3 is 2.24 bits per heavy atom. The van der Waals surface area contributed by atoms with Crippen LogP contribution in [0.2, 0.25) is 0 Å². The molecule has 0 aliphatic carbocycles. The van der Waals surface area contributed by atoms with E-state index < -0.39 is 11.4 Å². The number of rotatable bonds is 4. The topological polar surface area (TPSA) is 64.2 Å². The predicted molar refractivity (Wildman–Crippen MR) is 80.9 cm³/mol. The molecule has 5 nitrogen and oxygen atoms in total. The van der Waals surface area contributed by atoms with Crippen LogP contribution >= 0.6 is 0 Å².